The number of hydrogen-bond donors (Lipinski definition) is 3. The number of rotatable bonds is 11. The number of phenolic OH excluding ortho intramolecular Hbond substituents is 1. The van der Waals surface area contributed by atoms with Crippen molar-refractivity contribution < 1.29 is 19.7 Å². The lowest BCUT2D eigenvalue weighted by Gasteiger charge is -2.41. The number of methoxy groups -OCH3 is 2. The summed E-state index contributed by atoms with van der Waals surface area (Å²) >= 11 is 0. The van der Waals surface area contributed by atoms with E-state index in [4.69, 9.17) is 9.47 Å². The summed E-state index contributed by atoms with van der Waals surface area (Å²) in [5.41, 5.74) is 5.12. The van der Waals surface area contributed by atoms with Crippen molar-refractivity contribution in [3.05, 3.63) is 88.4 Å². The van der Waals surface area contributed by atoms with Crippen molar-refractivity contribution in [1.29, 1.82) is 0 Å². The molecule has 2 unspecified atom stereocenters. The van der Waals surface area contributed by atoms with Gasteiger partial charge in [-0.1, -0.05) is 30.3 Å². The lowest BCUT2D eigenvalue weighted by molar-refractivity contribution is 0.106. The average Bonchev–Trinajstić information content (AvgIpc) is 2.92. The smallest absolute Gasteiger partial charge is 0.158 e. The summed E-state index contributed by atoms with van der Waals surface area (Å²) in [7, 11) is 5.38. The maximum atomic E-state index is 10.1. The standard InChI is InChI=1S/C32H44N2O4/c1-32(2,33-3)20-22-6-8-23(9-7-22)21-34(14-15-35)29-19-31(38-5)30(37-4)18-28(29)26-11-10-25-17-27(36)13-12-24(25)16-26/h6-9,12-13,17-19,26,28-29,33,35-36H,10-11,14-16,20-21H2,1-5H3/t26-,28?,29?/m1/s1. The minimum absolute atomic E-state index is 0.0455. The zero-order valence-corrected chi connectivity index (χ0v) is 23.5. The van der Waals surface area contributed by atoms with Gasteiger partial charge in [0.1, 0.15) is 5.75 Å². The van der Waals surface area contributed by atoms with Crippen LogP contribution in [0.25, 0.3) is 0 Å². The van der Waals surface area contributed by atoms with E-state index in [1.54, 1.807) is 20.3 Å². The van der Waals surface area contributed by atoms with Gasteiger partial charge in [0.25, 0.3) is 0 Å². The number of aromatic hydroxyl groups is 1. The van der Waals surface area contributed by atoms with Crippen LogP contribution in [0.15, 0.2) is 66.1 Å². The third-order valence-electron chi connectivity index (χ3n) is 8.28. The highest BCUT2D eigenvalue weighted by atomic mass is 16.5. The fraction of sp³-hybridized carbons (Fsp3) is 0.500. The van der Waals surface area contributed by atoms with E-state index >= 15 is 0 Å². The SMILES string of the molecule is CNC(C)(C)Cc1ccc(CN(CCO)C2C=C(OC)C(OC)=CC2[C@@H]2CCc3cc(O)ccc3C2)cc1. The van der Waals surface area contributed by atoms with E-state index in [2.05, 4.69) is 66.5 Å². The van der Waals surface area contributed by atoms with Crippen molar-refractivity contribution >= 4 is 0 Å². The molecule has 3 N–H and O–H groups in total. The molecule has 0 fully saturated rings. The molecule has 2 aliphatic rings. The van der Waals surface area contributed by atoms with Crippen LogP contribution in [0.3, 0.4) is 0 Å². The number of aliphatic hydroxyl groups is 1. The molecule has 0 saturated heterocycles. The second-order valence-corrected chi connectivity index (χ2v) is 11.3. The highest BCUT2D eigenvalue weighted by Gasteiger charge is 2.37. The van der Waals surface area contributed by atoms with Gasteiger partial charge in [0.15, 0.2) is 11.5 Å². The Balaban J connectivity index is 1.60. The van der Waals surface area contributed by atoms with Gasteiger partial charge in [0.2, 0.25) is 0 Å². The second kappa shape index (κ2) is 12.4. The average molecular weight is 521 g/mol. The number of nitrogens with zero attached hydrogens (tertiary/aromatic N) is 1. The summed E-state index contributed by atoms with van der Waals surface area (Å²) in [4.78, 5) is 2.37. The van der Waals surface area contributed by atoms with Crippen molar-refractivity contribution in [3.8, 4) is 5.75 Å². The molecule has 0 saturated carbocycles. The monoisotopic (exact) mass is 520 g/mol. The Labute approximate surface area is 228 Å². The summed E-state index contributed by atoms with van der Waals surface area (Å²) in [5.74, 6) is 2.45. The van der Waals surface area contributed by atoms with Gasteiger partial charge in [0, 0.05) is 30.6 Å². The molecule has 2 aliphatic carbocycles. The van der Waals surface area contributed by atoms with E-state index in [9.17, 15) is 10.2 Å². The number of benzene rings is 2. The number of fused-ring (bicyclic) bond motifs is 1. The maximum absolute atomic E-state index is 10.1. The molecular formula is C32H44N2O4. The molecular weight excluding hydrogens is 476 g/mol. The Bertz CT molecular complexity index is 1140. The lowest BCUT2D eigenvalue weighted by atomic mass is 9.72. The molecule has 0 aromatic heterocycles. The number of likely N-dealkylation sites (N-methyl/N-ethyl adjacent to an activating group) is 1. The highest BCUT2D eigenvalue weighted by molar-refractivity contribution is 5.38. The minimum atomic E-state index is 0.0455. The van der Waals surface area contributed by atoms with E-state index in [0.29, 0.717) is 18.2 Å². The number of aryl methyl sites for hydroxylation is 1. The predicted octanol–water partition coefficient (Wildman–Crippen LogP) is 4.59. The van der Waals surface area contributed by atoms with Crippen LogP contribution in [-0.2, 0) is 35.3 Å². The summed E-state index contributed by atoms with van der Waals surface area (Å²) in [6, 6.07) is 14.7. The minimum Gasteiger partial charge on any atom is -0.508 e. The van der Waals surface area contributed by atoms with Crippen LogP contribution in [-0.4, -0.2) is 61.1 Å². The van der Waals surface area contributed by atoms with Crippen LogP contribution in [0, 0.1) is 11.8 Å². The summed E-state index contributed by atoms with van der Waals surface area (Å²) in [5, 5.41) is 23.4. The van der Waals surface area contributed by atoms with Crippen LogP contribution in [0.1, 0.15) is 42.5 Å². The molecule has 38 heavy (non-hydrogen) atoms. The molecule has 2 aromatic rings. The molecule has 0 radical (unpaired) electrons. The number of phenols is 1. The molecule has 6 nitrogen and oxygen atoms in total. The number of ether oxygens (including phenoxy) is 2. The first kappa shape index (κ1) is 28.2. The van der Waals surface area contributed by atoms with Gasteiger partial charge in [-0.2, -0.15) is 0 Å². The molecule has 0 heterocycles. The molecule has 6 heteroatoms. The molecule has 0 amide bonds. The van der Waals surface area contributed by atoms with Crippen molar-refractivity contribution in [2.45, 2.75) is 57.7 Å². The molecule has 0 aliphatic heterocycles. The number of hydrogen-bond acceptors (Lipinski definition) is 6. The molecule has 206 valence electrons. The van der Waals surface area contributed by atoms with Crippen LogP contribution in [0.4, 0.5) is 0 Å². The largest absolute Gasteiger partial charge is 0.508 e. The molecule has 0 spiro atoms. The van der Waals surface area contributed by atoms with E-state index in [-0.39, 0.29) is 24.1 Å². The Kier molecular flexibility index (Phi) is 9.19. The molecule has 3 atom stereocenters. The predicted molar refractivity (Wildman–Crippen MR) is 152 cm³/mol. The van der Waals surface area contributed by atoms with Gasteiger partial charge < -0.3 is 25.0 Å². The van der Waals surface area contributed by atoms with Crippen molar-refractivity contribution in [1.82, 2.24) is 10.2 Å². The Morgan fingerprint density at radius 3 is 2.32 bits per heavy atom. The third-order valence-corrected chi connectivity index (χ3v) is 8.28. The van der Waals surface area contributed by atoms with Crippen LogP contribution >= 0.6 is 0 Å². The van der Waals surface area contributed by atoms with E-state index < -0.39 is 0 Å². The first-order valence-electron chi connectivity index (χ1n) is 13.7. The van der Waals surface area contributed by atoms with Crippen LogP contribution < -0.4 is 5.32 Å². The first-order valence-corrected chi connectivity index (χ1v) is 13.7. The van der Waals surface area contributed by atoms with E-state index in [0.717, 1.165) is 43.7 Å². The normalized spacial score (nSPS) is 21.5. The Morgan fingerprint density at radius 2 is 1.66 bits per heavy atom. The van der Waals surface area contributed by atoms with Gasteiger partial charge in [-0.15, -0.1) is 0 Å². The topological polar surface area (TPSA) is 74.2 Å². The van der Waals surface area contributed by atoms with Crippen LogP contribution in [0.2, 0.25) is 0 Å². The summed E-state index contributed by atoms with van der Waals surface area (Å²) < 4.78 is 11.5. The van der Waals surface area contributed by atoms with Crippen molar-refractivity contribution in [2.24, 2.45) is 11.8 Å². The fourth-order valence-corrected chi connectivity index (χ4v) is 5.96. The van der Waals surface area contributed by atoms with Crippen molar-refractivity contribution in [2.75, 3.05) is 34.4 Å². The molecule has 4 rings (SSSR count). The zero-order valence-electron chi connectivity index (χ0n) is 23.5. The molecule has 0 bridgehead atoms. The quantitative estimate of drug-likeness (QED) is 0.403. The van der Waals surface area contributed by atoms with Crippen LogP contribution in [0.5, 0.6) is 5.75 Å². The first-order chi connectivity index (χ1) is 18.3. The van der Waals surface area contributed by atoms with Gasteiger partial charge in [0.05, 0.1) is 20.8 Å². The maximum Gasteiger partial charge on any atom is 0.158 e. The van der Waals surface area contributed by atoms with Gasteiger partial charge >= 0.3 is 0 Å². The highest BCUT2D eigenvalue weighted by Crippen LogP contribution is 2.39. The molecule has 2 aromatic carbocycles. The zero-order chi connectivity index (χ0) is 27.3. The number of nitrogens with one attached hydrogen (secondary N) is 1. The summed E-state index contributed by atoms with van der Waals surface area (Å²) in [6.07, 6.45) is 8.29. The summed E-state index contributed by atoms with van der Waals surface area (Å²) in [6.45, 7) is 5.80. The lowest BCUT2D eigenvalue weighted by Crippen LogP contribution is -2.45. The van der Waals surface area contributed by atoms with Gasteiger partial charge in [-0.25, -0.2) is 0 Å². The van der Waals surface area contributed by atoms with Gasteiger partial charge in [-0.05, 0) is 99.0 Å². The van der Waals surface area contributed by atoms with Crippen molar-refractivity contribution in [3.63, 3.8) is 0 Å². The van der Waals surface area contributed by atoms with Gasteiger partial charge in [-0.3, -0.25) is 4.90 Å². The Morgan fingerprint density at radius 1 is 0.974 bits per heavy atom. The Hall–Kier alpha value is -2.80. The fourth-order valence-electron chi connectivity index (χ4n) is 5.96. The van der Waals surface area contributed by atoms with E-state index in [1.165, 1.54) is 22.3 Å². The number of aliphatic hydroxyl groups excluding tert-OH is 1. The van der Waals surface area contributed by atoms with E-state index in [1.807, 2.05) is 13.1 Å². The third kappa shape index (κ3) is 6.60. The second-order valence-electron chi connectivity index (χ2n) is 11.3.